The molecule has 110 valence electrons. The maximum atomic E-state index is 14.1. The minimum atomic E-state index is -0.644. The average molecular weight is 353 g/mol. The summed E-state index contributed by atoms with van der Waals surface area (Å²) in [4.78, 5) is 12.4. The third kappa shape index (κ3) is 3.08. The summed E-state index contributed by atoms with van der Waals surface area (Å²) in [6.45, 7) is 1.91. The lowest BCUT2D eigenvalue weighted by molar-refractivity contribution is 0.103. The number of rotatable bonds is 4. The van der Waals surface area contributed by atoms with E-state index in [1.165, 1.54) is 20.3 Å². The van der Waals surface area contributed by atoms with Crippen molar-refractivity contribution in [2.75, 3.05) is 14.2 Å². The predicted molar refractivity (Wildman–Crippen MR) is 81.8 cm³/mol. The van der Waals surface area contributed by atoms with Gasteiger partial charge < -0.3 is 9.47 Å². The summed E-state index contributed by atoms with van der Waals surface area (Å²) in [5.41, 5.74) is 1.35. The summed E-state index contributed by atoms with van der Waals surface area (Å²) >= 11 is 3.37. The van der Waals surface area contributed by atoms with Crippen LogP contribution in [-0.2, 0) is 0 Å². The van der Waals surface area contributed by atoms with E-state index in [1.807, 2.05) is 6.92 Å². The van der Waals surface area contributed by atoms with Gasteiger partial charge >= 0.3 is 0 Å². The molecule has 0 spiro atoms. The van der Waals surface area contributed by atoms with Gasteiger partial charge in [0.15, 0.2) is 17.3 Å². The van der Waals surface area contributed by atoms with Gasteiger partial charge in [-0.05, 0) is 24.6 Å². The van der Waals surface area contributed by atoms with Gasteiger partial charge in [-0.25, -0.2) is 4.39 Å². The van der Waals surface area contributed by atoms with E-state index in [4.69, 9.17) is 9.47 Å². The highest BCUT2D eigenvalue weighted by molar-refractivity contribution is 9.10. The zero-order chi connectivity index (χ0) is 15.6. The number of carbonyl (C=O) groups is 1. The van der Waals surface area contributed by atoms with Crippen LogP contribution in [0.4, 0.5) is 4.39 Å². The second kappa shape index (κ2) is 6.26. The standard InChI is InChI=1S/C16H14BrFO3/c1-9-4-5-10(6-12(9)17)16(19)11-7-14(20-2)15(21-3)8-13(11)18/h4-8H,1-3H3. The first-order chi connectivity index (χ1) is 9.97. The SMILES string of the molecule is COc1cc(F)c(C(=O)c2ccc(C)c(Br)c2)cc1OC. The van der Waals surface area contributed by atoms with E-state index in [9.17, 15) is 9.18 Å². The van der Waals surface area contributed by atoms with Crippen LogP contribution in [0.3, 0.4) is 0 Å². The maximum Gasteiger partial charge on any atom is 0.196 e. The summed E-state index contributed by atoms with van der Waals surface area (Å²) in [6, 6.07) is 7.64. The van der Waals surface area contributed by atoms with Crippen LogP contribution in [0.2, 0.25) is 0 Å². The van der Waals surface area contributed by atoms with Crippen molar-refractivity contribution in [2.24, 2.45) is 0 Å². The Morgan fingerprint density at radius 3 is 2.29 bits per heavy atom. The molecular weight excluding hydrogens is 339 g/mol. The Labute approximate surface area is 130 Å². The van der Waals surface area contributed by atoms with E-state index in [1.54, 1.807) is 18.2 Å². The van der Waals surface area contributed by atoms with Gasteiger partial charge in [-0.15, -0.1) is 0 Å². The molecule has 2 aromatic rings. The summed E-state index contributed by atoms with van der Waals surface area (Å²) in [5, 5.41) is 0. The monoisotopic (exact) mass is 352 g/mol. The van der Waals surface area contributed by atoms with Gasteiger partial charge in [-0.3, -0.25) is 4.79 Å². The van der Waals surface area contributed by atoms with E-state index >= 15 is 0 Å². The lowest BCUT2D eigenvalue weighted by atomic mass is 10.0. The molecule has 0 aliphatic rings. The maximum absolute atomic E-state index is 14.1. The van der Waals surface area contributed by atoms with Crippen molar-refractivity contribution in [1.82, 2.24) is 0 Å². The predicted octanol–water partition coefficient (Wildman–Crippen LogP) is 4.14. The van der Waals surface area contributed by atoms with Crippen LogP contribution >= 0.6 is 15.9 Å². The molecule has 21 heavy (non-hydrogen) atoms. The van der Waals surface area contributed by atoms with Crippen LogP contribution in [0, 0.1) is 12.7 Å². The van der Waals surface area contributed by atoms with Crippen molar-refractivity contribution in [3.63, 3.8) is 0 Å². The quantitative estimate of drug-likeness (QED) is 0.775. The van der Waals surface area contributed by atoms with Crippen LogP contribution in [0.15, 0.2) is 34.8 Å². The highest BCUT2D eigenvalue weighted by Gasteiger charge is 2.18. The fourth-order valence-electron chi connectivity index (χ4n) is 1.92. The van der Waals surface area contributed by atoms with Crippen LogP contribution < -0.4 is 9.47 Å². The van der Waals surface area contributed by atoms with Gasteiger partial charge in [0, 0.05) is 16.1 Å². The Bertz CT molecular complexity index is 698. The number of halogens is 2. The van der Waals surface area contributed by atoms with Gasteiger partial charge in [-0.2, -0.15) is 0 Å². The lowest BCUT2D eigenvalue weighted by Crippen LogP contribution is -2.06. The molecule has 0 aromatic heterocycles. The molecule has 0 aliphatic carbocycles. The zero-order valence-corrected chi connectivity index (χ0v) is 13.5. The van der Waals surface area contributed by atoms with Crippen LogP contribution in [0.25, 0.3) is 0 Å². The third-order valence-electron chi connectivity index (χ3n) is 3.15. The second-order valence-electron chi connectivity index (χ2n) is 4.48. The smallest absolute Gasteiger partial charge is 0.196 e. The Kier molecular flexibility index (Phi) is 4.63. The first-order valence-corrected chi connectivity index (χ1v) is 6.99. The molecule has 0 fully saturated rings. The first kappa shape index (κ1) is 15.5. The molecule has 0 N–H and O–H groups in total. The van der Waals surface area contributed by atoms with E-state index in [0.717, 1.165) is 16.1 Å². The fourth-order valence-corrected chi connectivity index (χ4v) is 2.30. The molecule has 0 radical (unpaired) electrons. The molecule has 3 nitrogen and oxygen atoms in total. The molecule has 0 saturated heterocycles. The molecule has 0 amide bonds. The number of methoxy groups -OCH3 is 2. The summed E-state index contributed by atoms with van der Waals surface area (Å²) < 4.78 is 25.0. The Hall–Kier alpha value is -1.88. The van der Waals surface area contributed by atoms with Crippen molar-refractivity contribution in [3.05, 3.63) is 57.3 Å². The molecule has 0 heterocycles. The van der Waals surface area contributed by atoms with E-state index in [0.29, 0.717) is 11.3 Å². The second-order valence-corrected chi connectivity index (χ2v) is 5.33. The fraction of sp³-hybridized carbons (Fsp3) is 0.188. The molecule has 5 heteroatoms. The van der Waals surface area contributed by atoms with Crippen molar-refractivity contribution in [1.29, 1.82) is 0 Å². The number of ether oxygens (including phenoxy) is 2. The molecule has 0 aliphatic heterocycles. The molecule has 2 rings (SSSR count). The summed E-state index contributed by atoms with van der Waals surface area (Å²) in [5.74, 6) is -0.492. The molecule has 0 unspecified atom stereocenters. The minimum Gasteiger partial charge on any atom is -0.493 e. The van der Waals surface area contributed by atoms with E-state index in [-0.39, 0.29) is 11.3 Å². The number of carbonyl (C=O) groups excluding carboxylic acids is 1. The lowest BCUT2D eigenvalue weighted by Gasteiger charge is -2.11. The van der Waals surface area contributed by atoms with Crippen LogP contribution in [0.1, 0.15) is 21.5 Å². The zero-order valence-electron chi connectivity index (χ0n) is 11.9. The Morgan fingerprint density at radius 2 is 1.71 bits per heavy atom. The molecule has 0 bridgehead atoms. The Balaban J connectivity index is 2.50. The number of ketones is 1. The normalized spacial score (nSPS) is 10.3. The highest BCUT2D eigenvalue weighted by Crippen LogP contribution is 2.31. The van der Waals surface area contributed by atoms with Gasteiger partial charge in [0.25, 0.3) is 0 Å². The van der Waals surface area contributed by atoms with Crippen molar-refractivity contribution < 1.29 is 18.7 Å². The topological polar surface area (TPSA) is 35.5 Å². The van der Waals surface area contributed by atoms with Crippen molar-refractivity contribution in [2.45, 2.75) is 6.92 Å². The number of benzene rings is 2. The van der Waals surface area contributed by atoms with E-state index in [2.05, 4.69) is 15.9 Å². The minimum absolute atomic E-state index is 0.0524. The largest absolute Gasteiger partial charge is 0.493 e. The summed E-state index contributed by atoms with van der Waals surface area (Å²) in [7, 11) is 2.85. The number of aryl methyl sites for hydroxylation is 1. The third-order valence-corrected chi connectivity index (χ3v) is 4.01. The Morgan fingerprint density at radius 1 is 1.10 bits per heavy atom. The van der Waals surface area contributed by atoms with Crippen LogP contribution in [-0.4, -0.2) is 20.0 Å². The molecule has 2 aromatic carbocycles. The van der Waals surface area contributed by atoms with Gasteiger partial charge in [0.2, 0.25) is 0 Å². The number of hydrogen-bond donors (Lipinski definition) is 0. The van der Waals surface area contributed by atoms with Gasteiger partial charge in [-0.1, -0.05) is 28.1 Å². The van der Waals surface area contributed by atoms with Gasteiger partial charge in [0.1, 0.15) is 5.82 Å². The highest BCUT2D eigenvalue weighted by atomic mass is 79.9. The van der Waals surface area contributed by atoms with Crippen LogP contribution in [0.5, 0.6) is 11.5 Å². The molecule has 0 saturated carbocycles. The molecule has 0 atom stereocenters. The average Bonchev–Trinajstić information content (AvgIpc) is 2.49. The van der Waals surface area contributed by atoms with Crippen molar-refractivity contribution >= 4 is 21.7 Å². The van der Waals surface area contributed by atoms with Crippen molar-refractivity contribution in [3.8, 4) is 11.5 Å². The first-order valence-electron chi connectivity index (χ1n) is 6.20. The number of hydrogen-bond acceptors (Lipinski definition) is 3. The van der Waals surface area contributed by atoms with E-state index < -0.39 is 11.6 Å². The van der Waals surface area contributed by atoms with Gasteiger partial charge in [0.05, 0.1) is 19.8 Å². The summed E-state index contributed by atoms with van der Waals surface area (Å²) in [6.07, 6.45) is 0. The molecular formula is C16H14BrFO3.